The Balaban J connectivity index is 1.35. The van der Waals surface area contributed by atoms with E-state index in [1.165, 1.54) is 0 Å². The number of piperazine rings is 1. The first-order valence-corrected chi connectivity index (χ1v) is 11.7. The van der Waals surface area contributed by atoms with Crippen molar-refractivity contribution in [3.05, 3.63) is 90.7 Å². The number of amides is 1. The van der Waals surface area contributed by atoms with E-state index < -0.39 is 4.92 Å². The van der Waals surface area contributed by atoms with Crippen LogP contribution in [0.15, 0.2) is 42.5 Å². The molecule has 0 spiro atoms. The fraction of sp³-hybridized carbons (Fsp3) is 0.333. The molecular weight excluding hydrogens is 477 g/mol. The third-order valence-electron chi connectivity index (χ3n) is 6.16. The molecular formula is C24H25Cl2N5O3. The standard InChI is InChI=1S/C24H25Cl2N5O3/c1-16-23(31(33)34)17(2)30(27-16)14-18-6-8-19(9-7-18)24(32)29-12-10-28(11-13-29)15-20-21(25)4-3-5-22(20)26/h3-9H,10-15H2,1-2H3. The Morgan fingerprint density at radius 1 is 1.00 bits per heavy atom. The summed E-state index contributed by atoms with van der Waals surface area (Å²) in [5.74, 6) is -0.0104. The third-order valence-corrected chi connectivity index (χ3v) is 6.87. The molecule has 1 aromatic heterocycles. The van der Waals surface area contributed by atoms with Crippen LogP contribution in [-0.4, -0.2) is 56.6 Å². The number of rotatable bonds is 6. The van der Waals surface area contributed by atoms with Crippen molar-refractivity contribution >= 4 is 34.8 Å². The molecule has 34 heavy (non-hydrogen) atoms. The Kier molecular flexibility index (Phi) is 7.21. The second-order valence-corrected chi connectivity index (χ2v) is 9.21. The van der Waals surface area contributed by atoms with E-state index in [0.29, 0.717) is 53.2 Å². The molecule has 1 saturated heterocycles. The molecule has 2 aromatic carbocycles. The second kappa shape index (κ2) is 10.1. The van der Waals surface area contributed by atoms with Crippen molar-refractivity contribution in [3.8, 4) is 0 Å². The summed E-state index contributed by atoms with van der Waals surface area (Å²) in [4.78, 5) is 27.9. The minimum absolute atomic E-state index is 0.0104. The smallest absolute Gasteiger partial charge is 0.312 e. The predicted molar refractivity (Wildman–Crippen MR) is 132 cm³/mol. The van der Waals surface area contributed by atoms with Crippen molar-refractivity contribution in [3.63, 3.8) is 0 Å². The number of benzene rings is 2. The van der Waals surface area contributed by atoms with Crippen molar-refractivity contribution in [1.82, 2.24) is 19.6 Å². The number of aromatic nitrogens is 2. The van der Waals surface area contributed by atoms with Gasteiger partial charge in [0.05, 0.1) is 11.5 Å². The first kappa shape index (κ1) is 24.2. The summed E-state index contributed by atoms with van der Waals surface area (Å²) in [5.41, 5.74) is 3.39. The molecule has 8 nitrogen and oxygen atoms in total. The van der Waals surface area contributed by atoms with E-state index in [1.807, 2.05) is 35.2 Å². The Hall–Kier alpha value is -2.94. The summed E-state index contributed by atoms with van der Waals surface area (Å²) in [7, 11) is 0. The van der Waals surface area contributed by atoms with Gasteiger partial charge < -0.3 is 4.90 Å². The largest absolute Gasteiger partial charge is 0.336 e. The Morgan fingerprint density at radius 3 is 2.18 bits per heavy atom. The zero-order valence-electron chi connectivity index (χ0n) is 19.0. The van der Waals surface area contributed by atoms with E-state index in [2.05, 4.69) is 10.00 Å². The van der Waals surface area contributed by atoms with Crippen LogP contribution in [0.2, 0.25) is 10.0 Å². The number of hydrogen-bond acceptors (Lipinski definition) is 5. The number of carbonyl (C=O) groups is 1. The van der Waals surface area contributed by atoms with Gasteiger partial charge in [0.1, 0.15) is 11.4 Å². The minimum atomic E-state index is -0.404. The Labute approximate surface area is 207 Å². The van der Waals surface area contributed by atoms with Crippen molar-refractivity contribution < 1.29 is 9.72 Å². The molecule has 0 bridgehead atoms. The zero-order chi connectivity index (χ0) is 24.4. The second-order valence-electron chi connectivity index (χ2n) is 8.40. The van der Waals surface area contributed by atoms with E-state index in [9.17, 15) is 14.9 Å². The van der Waals surface area contributed by atoms with Gasteiger partial charge in [0.2, 0.25) is 0 Å². The van der Waals surface area contributed by atoms with Gasteiger partial charge in [-0.1, -0.05) is 41.4 Å². The fourth-order valence-electron chi connectivity index (χ4n) is 4.23. The molecule has 0 unspecified atom stereocenters. The van der Waals surface area contributed by atoms with Crippen molar-refractivity contribution in [1.29, 1.82) is 0 Å². The monoisotopic (exact) mass is 501 g/mol. The molecule has 1 aliphatic rings. The first-order chi connectivity index (χ1) is 16.2. The third kappa shape index (κ3) is 5.09. The number of nitro groups is 1. The molecule has 0 saturated carbocycles. The molecule has 1 aliphatic heterocycles. The number of halogens is 2. The van der Waals surface area contributed by atoms with Gasteiger partial charge in [0, 0.05) is 53.9 Å². The summed E-state index contributed by atoms with van der Waals surface area (Å²) in [6.45, 7) is 7.10. The van der Waals surface area contributed by atoms with Crippen molar-refractivity contribution in [2.75, 3.05) is 26.2 Å². The van der Waals surface area contributed by atoms with Crippen LogP contribution in [-0.2, 0) is 13.1 Å². The highest BCUT2D eigenvalue weighted by Crippen LogP contribution is 2.26. The zero-order valence-corrected chi connectivity index (χ0v) is 20.5. The van der Waals surface area contributed by atoms with Crippen LogP contribution < -0.4 is 0 Å². The lowest BCUT2D eigenvalue weighted by atomic mass is 10.1. The first-order valence-electron chi connectivity index (χ1n) is 11.0. The van der Waals surface area contributed by atoms with Gasteiger partial charge in [-0.15, -0.1) is 0 Å². The minimum Gasteiger partial charge on any atom is -0.336 e. The van der Waals surface area contributed by atoms with E-state index in [1.54, 1.807) is 30.7 Å². The van der Waals surface area contributed by atoms with Gasteiger partial charge in [-0.05, 0) is 43.7 Å². The number of carbonyl (C=O) groups excluding carboxylic acids is 1. The summed E-state index contributed by atoms with van der Waals surface area (Å²) >= 11 is 12.6. The predicted octanol–water partition coefficient (Wildman–Crippen LogP) is 4.72. The van der Waals surface area contributed by atoms with Gasteiger partial charge in [-0.2, -0.15) is 5.10 Å². The van der Waals surface area contributed by atoms with E-state index in [4.69, 9.17) is 23.2 Å². The van der Waals surface area contributed by atoms with Crippen LogP contribution in [0.5, 0.6) is 0 Å². The number of nitrogens with zero attached hydrogens (tertiary/aromatic N) is 5. The Bertz CT molecular complexity index is 1200. The highest BCUT2D eigenvalue weighted by atomic mass is 35.5. The SMILES string of the molecule is Cc1nn(Cc2ccc(C(=O)N3CCN(Cc4c(Cl)cccc4Cl)CC3)cc2)c(C)c1[N+](=O)[O-]. The summed E-state index contributed by atoms with van der Waals surface area (Å²) in [6, 6.07) is 12.8. The lowest BCUT2D eigenvalue weighted by Crippen LogP contribution is -2.48. The van der Waals surface area contributed by atoms with Crippen LogP contribution in [0.3, 0.4) is 0 Å². The quantitative estimate of drug-likeness (QED) is 0.360. The molecule has 0 aliphatic carbocycles. The average Bonchev–Trinajstić information content (AvgIpc) is 3.09. The van der Waals surface area contributed by atoms with Crippen LogP contribution in [0.1, 0.15) is 32.9 Å². The fourth-order valence-corrected chi connectivity index (χ4v) is 4.75. The van der Waals surface area contributed by atoms with Gasteiger partial charge in [0.15, 0.2) is 0 Å². The normalized spacial score (nSPS) is 14.4. The lowest BCUT2D eigenvalue weighted by Gasteiger charge is -2.35. The highest BCUT2D eigenvalue weighted by Gasteiger charge is 2.24. The van der Waals surface area contributed by atoms with E-state index >= 15 is 0 Å². The Morgan fingerprint density at radius 2 is 1.62 bits per heavy atom. The highest BCUT2D eigenvalue weighted by molar-refractivity contribution is 6.35. The molecule has 4 rings (SSSR count). The summed E-state index contributed by atoms with van der Waals surface area (Å²) < 4.78 is 1.62. The lowest BCUT2D eigenvalue weighted by molar-refractivity contribution is -0.386. The van der Waals surface area contributed by atoms with Crippen LogP contribution in [0, 0.1) is 24.0 Å². The van der Waals surface area contributed by atoms with Gasteiger partial charge in [0.25, 0.3) is 5.91 Å². The molecule has 0 atom stereocenters. The maximum Gasteiger partial charge on any atom is 0.312 e. The summed E-state index contributed by atoms with van der Waals surface area (Å²) in [5, 5.41) is 16.8. The maximum atomic E-state index is 13.0. The molecule has 1 fully saturated rings. The van der Waals surface area contributed by atoms with Crippen molar-refractivity contribution in [2.24, 2.45) is 0 Å². The summed E-state index contributed by atoms with van der Waals surface area (Å²) in [6.07, 6.45) is 0. The van der Waals surface area contributed by atoms with Crippen molar-refractivity contribution in [2.45, 2.75) is 26.9 Å². The van der Waals surface area contributed by atoms with Crippen LogP contribution in [0.25, 0.3) is 0 Å². The molecule has 2 heterocycles. The molecule has 0 N–H and O–H groups in total. The van der Waals surface area contributed by atoms with Crippen LogP contribution >= 0.6 is 23.2 Å². The van der Waals surface area contributed by atoms with E-state index in [-0.39, 0.29) is 11.6 Å². The topological polar surface area (TPSA) is 84.5 Å². The molecule has 10 heteroatoms. The van der Waals surface area contributed by atoms with Gasteiger partial charge >= 0.3 is 5.69 Å². The van der Waals surface area contributed by atoms with Gasteiger partial charge in [-0.25, -0.2) is 0 Å². The van der Waals surface area contributed by atoms with Gasteiger partial charge in [-0.3, -0.25) is 24.5 Å². The van der Waals surface area contributed by atoms with Crippen LogP contribution in [0.4, 0.5) is 5.69 Å². The maximum absolute atomic E-state index is 13.0. The number of aryl methyl sites for hydroxylation is 1. The molecule has 178 valence electrons. The molecule has 3 aromatic rings. The number of hydrogen-bond donors (Lipinski definition) is 0. The molecule has 0 radical (unpaired) electrons. The van der Waals surface area contributed by atoms with E-state index in [0.717, 1.165) is 24.2 Å². The molecule has 1 amide bonds. The average molecular weight is 502 g/mol.